The summed E-state index contributed by atoms with van der Waals surface area (Å²) >= 11 is 0. The van der Waals surface area contributed by atoms with Crippen molar-refractivity contribution in [1.29, 1.82) is 0 Å². The highest BCUT2D eigenvalue weighted by Crippen LogP contribution is 2.11. The zero-order valence-electron chi connectivity index (χ0n) is 9.57. The molecular weight excluding hydrogens is 244 g/mol. The van der Waals surface area contributed by atoms with Gasteiger partial charge in [-0.05, 0) is 0 Å². The molecule has 0 saturated heterocycles. The molecule has 0 radical (unpaired) electrons. The molecule has 1 heterocycles. The van der Waals surface area contributed by atoms with Crippen molar-refractivity contribution in [3.8, 4) is 0 Å². The lowest BCUT2D eigenvalue weighted by Gasteiger charge is -2.18. The molecule has 1 rings (SSSR count). The van der Waals surface area contributed by atoms with E-state index >= 15 is 0 Å². The highest BCUT2D eigenvalue weighted by atomic mass is 16.5. The van der Waals surface area contributed by atoms with Crippen LogP contribution in [0.5, 0.6) is 0 Å². The van der Waals surface area contributed by atoms with E-state index in [1.54, 1.807) is 6.08 Å². The molecule has 0 fully saturated rings. The number of amides is 1. The van der Waals surface area contributed by atoms with Crippen molar-refractivity contribution in [3.63, 3.8) is 0 Å². The Morgan fingerprint density at radius 3 is 2.83 bits per heavy atom. The third-order valence-corrected chi connectivity index (χ3v) is 2.50. The molecule has 0 aliphatic carbocycles. The number of carbonyl (C=O) groups excluding carboxylic acids is 1. The number of ether oxygens (including phenoxy) is 1. The fraction of sp³-hybridized carbons (Fsp3) is 0.600. The van der Waals surface area contributed by atoms with E-state index in [0.717, 1.165) is 0 Å². The maximum absolute atomic E-state index is 11.5. The summed E-state index contributed by atoms with van der Waals surface area (Å²) < 4.78 is 5.09. The minimum atomic E-state index is -1.54. The summed E-state index contributed by atoms with van der Waals surface area (Å²) in [7, 11) is 0. The summed E-state index contributed by atoms with van der Waals surface area (Å²) in [5.41, 5.74) is 5.68. The van der Waals surface area contributed by atoms with E-state index in [4.69, 9.17) is 20.7 Å². The third-order valence-electron chi connectivity index (χ3n) is 2.50. The zero-order valence-corrected chi connectivity index (χ0v) is 9.57. The van der Waals surface area contributed by atoms with Crippen LogP contribution in [0.4, 0.5) is 0 Å². The Morgan fingerprint density at radius 2 is 2.28 bits per heavy atom. The molecule has 0 bridgehead atoms. The second kappa shape index (κ2) is 6.45. The number of aliphatic hydroxyl groups excluding tert-OH is 2. The summed E-state index contributed by atoms with van der Waals surface area (Å²) in [6, 6.07) is -1.32. The Bertz CT molecular complexity index is 356. The van der Waals surface area contributed by atoms with Crippen LogP contribution < -0.4 is 11.1 Å². The molecule has 8 nitrogen and oxygen atoms in total. The first kappa shape index (κ1) is 14.6. The van der Waals surface area contributed by atoms with Gasteiger partial charge in [0.05, 0.1) is 13.2 Å². The Labute approximate surface area is 103 Å². The monoisotopic (exact) mass is 260 g/mol. The van der Waals surface area contributed by atoms with Crippen LogP contribution in [0.1, 0.15) is 6.42 Å². The normalized spacial score (nSPS) is 22.2. The molecule has 3 atom stereocenters. The number of carbonyl (C=O) groups is 2. The van der Waals surface area contributed by atoms with Crippen molar-refractivity contribution in [3.05, 3.63) is 11.6 Å². The first-order valence-electron chi connectivity index (χ1n) is 5.34. The largest absolute Gasteiger partial charge is 0.480 e. The van der Waals surface area contributed by atoms with Gasteiger partial charge >= 0.3 is 5.97 Å². The van der Waals surface area contributed by atoms with Crippen molar-refractivity contribution in [1.82, 2.24) is 5.32 Å². The van der Waals surface area contributed by atoms with E-state index in [0.29, 0.717) is 5.57 Å². The molecular formula is C10H16N2O6. The highest BCUT2D eigenvalue weighted by molar-refractivity contribution is 5.82. The SMILES string of the molecule is NC(CC(O)C(=O)NC1OCC=C1CO)C(=O)O. The van der Waals surface area contributed by atoms with Gasteiger partial charge in [0.25, 0.3) is 5.91 Å². The average Bonchev–Trinajstić information content (AvgIpc) is 2.75. The molecule has 0 aromatic heterocycles. The van der Waals surface area contributed by atoms with Gasteiger partial charge in [0.1, 0.15) is 12.1 Å². The van der Waals surface area contributed by atoms with Crippen molar-refractivity contribution in [2.75, 3.05) is 13.2 Å². The van der Waals surface area contributed by atoms with Gasteiger partial charge in [-0.25, -0.2) is 0 Å². The lowest BCUT2D eigenvalue weighted by Crippen LogP contribution is -2.46. The van der Waals surface area contributed by atoms with E-state index in [-0.39, 0.29) is 13.2 Å². The predicted octanol–water partition coefficient (Wildman–Crippen LogP) is -2.46. The van der Waals surface area contributed by atoms with Crippen LogP contribution in [0.25, 0.3) is 0 Å². The standard InChI is InChI=1S/C10H16N2O6/c11-6(10(16)17)3-7(14)8(15)12-9-5(4-13)1-2-18-9/h1,6-7,9,13-14H,2-4,11H2,(H,12,15)(H,16,17). The number of hydrogen-bond acceptors (Lipinski definition) is 6. The van der Waals surface area contributed by atoms with Crippen LogP contribution in [0.2, 0.25) is 0 Å². The van der Waals surface area contributed by atoms with Gasteiger partial charge in [-0.15, -0.1) is 0 Å². The summed E-state index contributed by atoms with van der Waals surface area (Å²) in [6.45, 7) is -0.0126. The van der Waals surface area contributed by atoms with Crippen molar-refractivity contribution < 1.29 is 29.6 Å². The number of carboxylic acids is 1. The van der Waals surface area contributed by atoms with Gasteiger partial charge in [-0.3, -0.25) is 9.59 Å². The topological polar surface area (TPSA) is 142 Å². The van der Waals surface area contributed by atoms with Gasteiger partial charge in [0.2, 0.25) is 0 Å². The van der Waals surface area contributed by atoms with Crippen LogP contribution >= 0.6 is 0 Å². The maximum Gasteiger partial charge on any atom is 0.320 e. The number of aliphatic carboxylic acids is 1. The molecule has 1 aliphatic rings. The molecule has 0 saturated carbocycles. The zero-order chi connectivity index (χ0) is 13.7. The molecule has 0 spiro atoms. The molecule has 6 N–H and O–H groups in total. The number of carboxylic acid groups (broad SMARTS) is 1. The van der Waals surface area contributed by atoms with Crippen LogP contribution in [0.3, 0.4) is 0 Å². The fourth-order valence-electron chi connectivity index (χ4n) is 1.42. The first-order valence-corrected chi connectivity index (χ1v) is 5.34. The van der Waals surface area contributed by atoms with Gasteiger partial charge in [-0.1, -0.05) is 6.08 Å². The first-order chi connectivity index (χ1) is 8.45. The van der Waals surface area contributed by atoms with Crippen LogP contribution in [0.15, 0.2) is 11.6 Å². The fourth-order valence-corrected chi connectivity index (χ4v) is 1.42. The average molecular weight is 260 g/mol. The second-order valence-electron chi connectivity index (χ2n) is 3.86. The molecule has 102 valence electrons. The minimum Gasteiger partial charge on any atom is -0.480 e. The van der Waals surface area contributed by atoms with Crippen molar-refractivity contribution >= 4 is 11.9 Å². The van der Waals surface area contributed by atoms with E-state index in [2.05, 4.69) is 5.32 Å². The summed E-state index contributed by atoms with van der Waals surface area (Å²) in [4.78, 5) is 22.0. The van der Waals surface area contributed by atoms with Crippen molar-refractivity contribution in [2.24, 2.45) is 5.73 Å². The van der Waals surface area contributed by atoms with E-state index in [1.165, 1.54) is 0 Å². The summed E-state index contributed by atoms with van der Waals surface area (Å²) in [5.74, 6) is -2.09. The van der Waals surface area contributed by atoms with Gasteiger partial charge < -0.3 is 31.1 Å². The summed E-state index contributed by atoms with van der Waals surface area (Å²) in [6.07, 6.45) is -1.12. The Balaban J connectivity index is 2.45. The van der Waals surface area contributed by atoms with E-state index in [1.807, 2.05) is 0 Å². The minimum absolute atomic E-state index is 0.256. The predicted molar refractivity (Wildman–Crippen MR) is 59.3 cm³/mol. The Hall–Kier alpha value is -1.48. The second-order valence-corrected chi connectivity index (χ2v) is 3.86. The third kappa shape index (κ3) is 3.77. The van der Waals surface area contributed by atoms with Gasteiger partial charge in [0, 0.05) is 12.0 Å². The number of hydrogen-bond donors (Lipinski definition) is 5. The molecule has 0 aromatic rings. The van der Waals surface area contributed by atoms with Gasteiger partial charge in [0.15, 0.2) is 6.23 Å². The molecule has 8 heteroatoms. The van der Waals surface area contributed by atoms with Gasteiger partial charge in [-0.2, -0.15) is 0 Å². The molecule has 0 aromatic carbocycles. The van der Waals surface area contributed by atoms with Crippen LogP contribution in [0, 0.1) is 0 Å². The maximum atomic E-state index is 11.5. The molecule has 18 heavy (non-hydrogen) atoms. The lowest BCUT2D eigenvalue weighted by molar-refractivity contribution is -0.140. The number of nitrogens with one attached hydrogen (secondary N) is 1. The Morgan fingerprint density at radius 1 is 1.61 bits per heavy atom. The summed E-state index contributed by atoms with van der Waals surface area (Å²) in [5, 5.41) is 29.3. The molecule has 1 amide bonds. The Kier molecular flexibility index (Phi) is 5.23. The number of aliphatic hydroxyl groups is 2. The van der Waals surface area contributed by atoms with Crippen LogP contribution in [-0.2, 0) is 14.3 Å². The highest BCUT2D eigenvalue weighted by Gasteiger charge is 2.27. The quantitative estimate of drug-likeness (QED) is 0.333. The van der Waals surface area contributed by atoms with Crippen molar-refractivity contribution in [2.45, 2.75) is 24.8 Å². The molecule has 3 unspecified atom stereocenters. The number of nitrogens with two attached hydrogens (primary N) is 1. The smallest absolute Gasteiger partial charge is 0.320 e. The van der Waals surface area contributed by atoms with E-state index < -0.39 is 36.7 Å². The number of rotatable bonds is 6. The van der Waals surface area contributed by atoms with Crippen LogP contribution in [-0.4, -0.2) is 58.8 Å². The van der Waals surface area contributed by atoms with E-state index in [9.17, 15) is 14.7 Å². The molecule has 1 aliphatic heterocycles. The lowest BCUT2D eigenvalue weighted by atomic mass is 10.1.